The van der Waals surface area contributed by atoms with Gasteiger partial charge >= 0.3 is 21.1 Å². The fourth-order valence-corrected chi connectivity index (χ4v) is 6.85. The molecule has 0 aliphatic heterocycles. The molecule has 0 saturated carbocycles. The number of benzene rings is 4. The molecule has 0 amide bonds. The van der Waals surface area contributed by atoms with Gasteiger partial charge in [0.15, 0.2) is 0 Å². The Morgan fingerprint density at radius 3 is 2.43 bits per heavy atom. The minimum atomic E-state index is 0. The molecule has 0 aliphatic carbocycles. The number of pyridine rings is 1. The minimum Gasteiger partial charge on any atom is -0.509 e. The van der Waals surface area contributed by atoms with Crippen LogP contribution in [0.3, 0.4) is 0 Å². The molecule has 0 bridgehead atoms. The number of rotatable bonds is 11. The molecule has 3 aromatic heterocycles. The van der Waals surface area contributed by atoms with Crippen LogP contribution in [0.4, 0.5) is 0 Å². The number of hydrogen-bond acceptors (Lipinski definition) is 3. The first-order valence-electron chi connectivity index (χ1n) is 17.2. The Labute approximate surface area is 304 Å². The van der Waals surface area contributed by atoms with E-state index in [4.69, 9.17) is 14.8 Å². The summed E-state index contributed by atoms with van der Waals surface area (Å²) in [5.74, 6) is 2.62. The van der Waals surface area contributed by atoms with Crippen LogP contribution in [0.15, 0.2) is 97.2 Å². The van der Waals surface area contributed by atoms with Crippen molar-refractivity contribution in [2.24, 2.45) is 0 Å². The maximum Gasteiger partial charge on any atom is 2.00 e. The monoisotopic (exact) mass is 825 g/mol. The molecule has 49 heavy (non-hydrogen) atoms. The molecule has 1 unspecified atom stereocenters. The number of nitrogens with zero attached hydrogens (tertiary/aromatic N) is 4. The predicted molar refractivity (Wildman–Crippen MR) is 197 cm³/mol. The predicted octanol–water partition coefficient (Wildman–Crippen LogP) is 11.3. The van der Waals surface area contributed by atoms with Gasteiger partial charge in [-0.25, -0.2) is 4.98 Å². The Morgan fingerprint density at radius 2 is 1.63 bits per heavy atom. The number of aromatic nitrogens is 4. The van der Waals surface area contributed by atoms with E-state index in [1.165, 1.54) is 42.2 Å². The second-order valence-corrected chi connectivity index (χ2v) is 12.8. The van der Waals surface area contributed by atoms with Crippen molar-refractivity contribution in [3.8, 4) is 34.1 Å². The van der Waals surface area contributed by atoms with Gasteiger partial charge in [-0.2, -0.15) is 17.2 Å². The second kappa shape index (κ2) is 15.0. The van der Waals surface area contributed by atoms with Gasteiger partial charge in [-0.3, -0.25) is 4.68 Å². The fourth-order valence-electron chi connectivity index (χ4n) is 6.85. The van der Waals surface area contributed by atoms with E-state index in [0.717, 1.165) is 56.9 Å². The van der Waals surface area contributed by atoms with E-state index < -0.39 is 0 Å². The van der Waals surface area contributed by atoms with Crippen molar-refractivity contribution in [2.45, 2.75) is 72.6 Å². The molecule has 4 aromatic carbocycles. The van der Waals surface area contributed by atoms with Crippen molar-refractivity contribution in [1.82, 2.24) is 19.3 Å². The van der Waals surface area contributed by atoms with Crippen LogP contribution in [-0.2, 0) is 27.5 Å². The van der Waals surface area contributed by atoms with Crippen LogP contribution in [0.1, 0.15) is 74.9 Å². The maximum absolute atomic E-state index is 6.47. The summed E-state index contributed by atoms with van der Waals surface area (Å²) in [5, 5.41) is 7.23. The van der Waals surface area contributed by atoms with Gasteiger partial charge in [0.25, 0.3) is 0 Å². The minimum absolute atomic E-state index is 0. The van der Waals surface area contributed by atoms with Gasteiger partial charge in [-0.1, -0.05) is 88.0 Å². The summed E-state index contributed by atoms with van der Waals surface area (Å²) in [6, 6.07) is 38.8. The molecule has 0 spiro atoms. The van der Waals surface area contributed by atoms with Gasteiger partial charge in [-0.15, -0.1) is 35.7 Å². The molecule has 0 N–H and O–H groups in total. The topological polar surface area (TPSA) is 44.9 Å². The van der Waals surface area contributed by atoms with Crippen LogP contribution in [-0.4, -0.2) is 19.3 Å². The van der Waals surface area contributed by atoms with Gasteiger partial charge in [-0.05, 0) is 78.6 Å². The Bertz CT molecular complexity index is 2220. The molecule has 7 rings (SSSR count). The first kappa shape index (κ1) is 34.4. The third kappa shape index (κ3) is 6.87. The fraction of sp³-hybridized carbons (Fsp3) is 0.256. The third-order valence-corrected chi connectivity index (χ3v) is 9.49. The van der Waals surface area contributed by atoms with E-state index in [9.17, 15) is 0 Å². The van der Waals surface area contributed by atoms with Crippen molar-refractivity contribution in [2.75, 3.05) is 0 Å². The summed E-state index contributed by atoms with van der Waals surface area (Å²) in [6.07, 6.45) is 7.81. The molecule has 0 aliphatic rings. The zero-order valence-electron chi connectivity index (χ0n) is 28.9. The van der Waals surface area contributed by atoms with E-state index in [1.807, 2.05) is 41.2 Å². The van der Waals surface area contributed by atoms with Crippen LogP contribution in [0.5, 0.6) is 11.5 Å². The molecule has 3 heterocycles. The molecule has 7 aromatic rings. The van der Waals surface area contributed by atoms with Gasteiger partial charge < -0.3 is 9.30 Å². The third-order valence-electron chi connectivity index (χ3n) is 9.49. The SMILES string of the molecule is CCCCCC(C)c1ccc2c(c1)c1ccc(Oc3[c-]c(-n4nc(C)c(-c5ccccc5)c4C)ccc3)[c-]c1n2-c1cc(CC)ccn1.[Pt+2]. The Kier molecular flexibility index (Phi) is 10.5. The first-order chi connectivity index (χ1) is 23.4. The number of unbranched alkanes of at least 4 members (excludes halogenated alkanes) is 2. The quantitative estimate of drug-likeness (QED) is 0.0964. The number of hydrogen-bond donors (Lipinski definition) is 0. The van der Waals surface area contributed by atoms with Crippen molar-refractivity contribution in [3.63, 3.8) is 0 Å². The Hall–Kier alpha value is -4.47. The van der Waals surface area contributed by atoms with Crippen LogP contribution >= 0.6 is 0 Å². The molecule has 6 heteroatoms. The number of fused-ring (bicyclic) bond motifs is 3. The number of aryl methyl sites for hydroxylation is 2. The van der Waals surface area contributed by atoms with Crippen LogP contribution in [0.2, 0.25) is 0 Å². The van der Waals surface area contributed by atoms with Crippen LogP contribution in [0.25, 0.3) is 44.4 Å². The largest absolute Gasteiger partial charge is 2.00 e. The van der Waals surface area contributed by atoms with Crippen LogP contribution < -0.4 is 4.74 Å². The summed E-state index contributed by atoms with van der Waals surface area (Å²) < 4.78 is 10.6. The summed E-state index contributed by atoms with van der Waals surface area (Å²) >= 11 is 0. The molecule has 5 nitrogen and oxygen atoms in total. The standard InChI is InChI=1S/C43H42N4O.Pt/c1-6-8-10-14-29(3)34-19-22-40-39(26-34)38-21-20-37(28-41(38)46(40)42-25-32(7-2)23-24-44-42)48-36-18-13-17-35(27-36)47-31(5)43(30(4)45-47)33-15-11-9-12-16-33;/h9,11-13,15-26,29H,6-8,10,14H2,1-5H3;/q-2;+2. The van der Waals surface area contributed by atoms with Crippen molar-refractivity contribution in [3.05, 3.63) is 132 Å². The zero-order chi connectivity index (χ0) is 33.2. The summed E-state index contributed by atoms with van der Waals surface area (Å²) in [7, 11) is 0. The summed E-state index contributed by atoms with van der Waals surface area (Å²) in [4.78, 5) is 4.82. The summed E-state index contributed by atoms with van der Waals surface area (Å²) in [6.45, 7) is 10.9. The second-order valence-electron chi connectivity index (χ2n) is 12.8. The van der Waals surface area contributed by atoms with Crippen molar-refractivity contribution in [1.29, 1.82) is 0 Å². The molecule has 1 atom stereocenters. The van der Waals surface area contributed by atoms with E-state index in [-0.39, 0.29) is 21.1 Å². The van der Waals surface area contributed by atoms with E-state index in [0.29, 0.717) is 17.4 Å². The average Bonchev–Trinajstić information content (AvgIpc) is 3.60. The molecule has 0 saturated heterocycles. The maximum atomic E-state index is 6.47. The van der Waals surface area contributed by atoms with E-state index >= 15 is 0 Å². The Balaban J connectivity index is 0.00000417. The average molecular weight is 826 g/mol. The molecule has 250 valence electrons. The normalized spacial score (nSPS) is 11.9. The molecule has 0 fully saturated rings. The summed E-state index contributed by atoms with van der Waals surface area (Å²) in [5.41, 5.74) is 9.84. The van der Waals surface area contributed by atoms with Gasteiger partial charge in [0.2, 0.25) is 0 Å². The van der Waals surface area contributed by atoms with E-state index in [2.05, 4.69) is 112 Å². The Morgan fingerprint density at radius 1 is 0.816 bits per heavy atom. The zero-order valence-corrected chi connectivity index (χ0v) is 31.1. The van der Waals surface area contributed by atoms with Crippen molar-refractivity contribution < 1.29 is 25.8 Å². The molecular formula is C43H42N4OPt. The van der Waals surface area contributed by atoms with Gasteiger partial charge in [0, 0.05) is 34.5 Å². The smallest absolute Gasteiger partial charge is 0.509 e. The molecule has 0 radical (unpaired) electrons. The van der Waals surface area contributed by atoms with Gasteiger partial charge in [0.1, 0.15) is 5.82 Å². The number of ether oxygens (including phenoxy) is 1. The first-order valence-corrected chi connectivity index (χ1v) is 17.2. The van der Waals surface area contributed by atoms with Gasteiger partial charge in [0.05, 0.1) is 5.69 Å². The van der Waals surface area contributed by atoms with E-state index in [1.54, 1.807) is 0 Å². The van der Waals surface area contributed by atoms with Crippen molar-refractivity contribution >= 4 is 21.8 Å². The molecular weight excluding hydrogens is 784 g/mol. The van der Waals surface area contributed by atoms with Crippen LogP contribution in [0, 0.1) is 26.0 Å².